The summed E-state index contributed by atoms with van der Waals surface area (Å²) >= 11 is 0. The van der Waals surface area contributed by atoms with Gasteiger partial charge in [-0.1, -0.05) is 52.4 Å². The Morgan fingerprint density at radius 2 is 1.82 bits per heavy atom. The maximum absolute atomic E-state index is 12.9. The van der Waals surface area contributed by atoms with E-state index in [1.54, 1.807) is 5.43 Å². The number of nitrogens with one attached hydrogen (secondary N) is 2. The number of hydrazine groups is 1. The molecule has 1 unspecified atom stereocenters. The van der Waals surface area contributed by atoms with Gasteiger partial charge in [-0.2, -0.15) is 0 Å². The van der Waals surface area contributed by atoms with Crippen LogP contribution in [0.1, 0.15) is 85.5 Å². The summed E-state index contributed by atoms with van der Waals surface area (Å²) in [6, 6.07) is 0. The number of carbonyl (C=O) groups excluding carboxylic acids is 2. The third-order valence-electron chi connectivity index (χ3n) is 5.42. The molecule has 190 valence electrons. The SMILES string of the molecule is CCCCC(C)CCC(=O)C[C@@H](CCCN=C(N)N[N+](=O)[O-])C(=O)N[C@@H](CC(C)C)B(O)O. The van der Waals surface area contributed by atoms with E-state index >= 15 is 0 Å². The number of guanidine groups is 1. The van der Waals surface area contributed by atoms with E-state index in [-0.39, 0.29) is 30.6 Å². The Labute approximate surface area is 197 Å². The van der Waals surface area contributed by atoms with Gasteiger partial charge in [0.1, 0.15) is 5.78 Å². The molecule has 0 bridgehead atoms. The van der Waals surface area contributed by atoms with Crippen LogP contribution in [0.25, 0.3) is 0 Å². The number of hydrogen-bond donors (Lipinski definition) is 5. The van der Waals surface area contributed by atoms with Crippen LogP contribution in [0.5, 0.6) is 0 Å². The lowest BCUT2D eigenvalue weighted by molar-refractivity contribution is -0.525. The highest BCUT2D eigenvalue weighted by Crippen LogP contribution is 2.19. The van der Waals surface area contributed by atoms with Crippen molar-refractivity contribution in [2.45, 2.75) is 91.4 Å². The zero-order valence-corrected chi connectivity index (χ0v) is 20.5. The molecular weight excluding hydrogens is 429 g/mol. The van der Waals surface area contributed by atoms with Crippen LogP contribution in [0, 0.1) is 27.9 Å². The van der Waals surface area contributed by atoms with E-state index in [1.165, 1.54) is 0 Å². The van der Waals surface area contributed by atoms with Crippen LogP contribution < -0.4 is 16.5 Å². The standard InChI is InChI=1S/C21H42BN5O6/c1-5-6-8-16(4)10-11-18(28)14-17(9-7-12-24-21(23)26-27(32)33)20(29)25-19(22(30)31)13-15(2)3/h15-17,19,30-31H,5-14H2,1-4H3,(H,25,29)(H3,23,24,26)/t16?,17-,19+/m1/s1. The molecule has 0 aromatic carbocycles. The predicted molar refractivity (Wildman–Crippen MR) is 128 cm³/mol. The van der Waals surface area contributed by atoms with E-state index < -0.39 is 29.9 Å². The molecule has 0 aliphatic heterocycles. The Morgan fingerprint density at radius 1 is 1.15 bits per heavy atom. The Kier molecular flexibility index (Phi) is 16.1. The third-order valence-corrected chi connectivity index (χ3v) is 5.42. The van der Waals surface area contributed by atoms with Gasteiger partial charge in [0, 0.05) is 25.3 Å². The maximum Gasteiger partial charge on any atom is 0.475 e. The van der Waals surface area contributed by atoms with E-state index in [1.807, 2.05) is 13.8 Å². The zero-order chi connectivity index (χ0) is 25.4. The second-order valence-electron chi connectivity index (χ2n) is 9.16. The van der Waals surface area contributed by atoms with E-state index in [0.717, 1.165) is 25.7 Å². The van der Waals surface area contributed by atoms with Crippen molar-refractivity contribution in [1.82, 2.24) is 10.7 Å². The molecule has 0 aromatic heterocycles. The van der Waals surface area contributed by atoms with Gasteiger partial charge in [-0.25, -0.2) is 15.1 Å². The fourth-order valence-corrected chi connectivity index (χ4v) is 3.54. The highest BCUT2D eigenvalue weighted by molar-refractivity contribution is 6.43. The van der Waals surface area contributed by atoms with Crippen molar-refractivity contribution >= 4 is 24.8 Å². The lowest BCUT2D eigenvalue weighted by Crippen LogP contribution is -2.49. The summed E-state index contributed by atoms with van der Waals surface area (Å²) in [4.78, 5) is 39.7. The number of hydrogen-bond acceptors (Lipinski definition) is 7. The summed E-state index contributed by atoms with van der Waals surface area (Å²) in [5.74, 6) is -1.68. The Balaban J connectivity index is 5.03. The predicted octanol–water partition coefficient (Wildman–Crippen LogP) is 1.59. The van der Waals surface area contributed by atoms with Crippen molar-refractivity contribution in [3.63, 3.8) is 0 Å². The minimum Gasteiger partial charge on any atom is -0.426 e. The number of nitrogens with zero attached hydrogens (tertiary/aromatic N) is 2. The summed E-state index contributed by atoms with van der Waals surface area (Å²) in [6.45, 7) is 8.21. The van der Waals surface area contributed by atoms with E-state index in [0.29, 0.717) is 31.6 Å². The largest absolute Gasteiger partial charge is 0.475 e. The highest BCUT2D eigenvalue weighted by atomic mass is 16.7. The number of nitro groups is 1. The first-order valence-electron chi connectivity index (χ1n) is 11.8. The van der Waals surface area contributed by atoms with Gasteiger partial charge in [-0.05, 0) is 37.5 Å². The van der Waals surface area contributed by atoms with Gasteiger partial charge in [-0.3, -0.25) is 9.59 Å². The number of carbonyl (C=O) groups is 2. The average molecular weight is 471 g/mol. The molecule has 0 aliphatic rings. The molecule has 0 heterocycles. The van der Waals surface area contributed by atoms with Crippen LogP contribution in [0.15, 0.2) is 4.99 Å². The zero-order valence-electron chi connectivity index (χ0n) is 20.5. The van der Waals surface area contributed by atoms with Gasteiger partial charge in [0.15, 0.2) is 5.03 Å². The number of amides is 1. The second kappa shape index (κ2) is 17.3. The van der Waals surface area contributed by atoms with Crippen LogP contribution >= 0.6 is 0 Å². The molecule has 1 amide bonds. The molecule has 0 rings (SSSR count). The molecule has 6 N–H and O–H groups in total. The van der Waals surface area contributed by atoms with Crippen molar-refractivity contribution in [3.8, 4) is 0 Å². The van der Waals surface area contributed by atoms with Crippen LogP contribution in [-0.4, -0.2) is 52.3 Å². The first-order chi connectivity index (χ1) is 15.5. The van der Waals surface area contributed by atoms with Crippen LogP contribution in [-0.2, 0) is 9.59 Å². The van der Waals surface area contributed by atoms with Crippen molar-refractivity contribution in [2.75, 3.05) is 6.54 Å². The Hall–Kier alpha value is -2.21. The first-order valence-corrected chi connectivity index (χ1v) is 11.8. The molecule has 12 heteroatoms. The van der Waals surface area contributed by atoms with Crippen LogP contribution in [0.3, 0.4) is 0 Å². The van der Waals surface area contributed by atoms with Gasteiger partial charge in [0.25, 0.3) is 5.96 Å². The summed E-state index contributed by atoms with van der Waals surface area (Å²) < 4.78 is 0. The van der Waals surface area contributed by atoms with Crippen molar-refractivity contribution < 1.29 is 24.7 Å². The molecule has 33 heavy (non-hydrogen) atoms. The van der Waals surface area contributed by atoms with Gasteiger partial charge in [0.2, 0.25) is 5.91 Å². The smallest absolute Gasteiger partial charge is 0.426 e. The van der Waals surface area contributed by atoms with Gasteiger partial charge < -0.3 is 21.1 Å². The summed E-state index contributed by atoms with van der Waals surface area (Å²) in [5.41, 5.74) is 7.13. The molecule has 0 saturated carbocycles. The number of rotatable bonds is 18. The van der Waals surface area contributed by atoms with E-state index in [2.05, 4.69) is 24.2 Å². The topological polar surface area (TPSA) is 180 Å². The molecule has 0 radical (unpaired) electrons. The van der Waals surface area contributed by atoms with Gasteiger partial charge in [0.05, 0.1) is 5.94 Å². The molecule has 3 atom stereocenters. The highest BCUT2D eigenvalue weighted by Gasteiger charge is 2.30. The number of ketones is 1. The minimum absolute atomic E-state index is 0.0125. The maximum atomic E-state index is 12.9. The molecule has 0 fully saturated rings. The minimum atomic E-state index is -1.70. The molecule has 0 saturated heterocycles. The molecule has 0 aliphatic carbocycles. The summed E-state index contributed by atoms with van der Waals surface area (Å²) in [6.07, 6.45) is 5.59. The third kappa shape index (κ3) is 16.1. The molecular formula is C21H42BN5O6. The van der Waals surface area contributed by atoms with Crippen molar-refractivity contribution in [1.29, 1.82) is 0 Å². The number of unbranched alkanes of at least 4 members (excludes halogenated alkanes) is 1. The fraction of sp³-hybridized carbons (Fsp3) is 0.857. The van der Waals surface area contributed by atoms with Gasteiger partial charge in [-0.15, -0.1) is 0 Å². The lowest BCUT2D eigenvalue weighted by Gasteiger charge is -2.23. The molecule has 0 aromatic rings. The van der Waals surface area contributed by atoms with E-state index in [4.69, 9.17) is 5.73 Å². The fourth-order valence-electron chi connectivity index (χ4n) is 3.54. The lowest BCUT2D eigenvalue weighted by atomic mass is 9.74. The first kappa shape index (κ1) is 30.8. The summed E-state index contributed by atoms with van der Waals surface area (Å²) in [5, 5.41) is 31.5. The monoisotopic (exact) mass is 471 g/mol. The molecule has 11 nitrogen and oxygen atoms in total. The second-order valence-corrected chi connectivity index (χ2v) is 9.16. The average Bonchev–Trinajstić information content (AvgIpc) is 2.71. The quantitative estimate of drug-likeness (QED) is 0.0499. The van der Waals surface area contributed by atoms with Crippen LogP contribution in [0.4, 0.5) is 0 Å². The normalized spacial score (nSPS) is 14.5. The number of Topliss-reactive ketones (excluding diaryl/α,β-unsaturated/α-hetero) is 1. The van der Waals surface area contributed by atoms with Gasteiger partial charge >= 0.3 is 7.12 Å². The Bertz CT molecular complexity index is 632. The Morgan fingerprint density at radius 3 is 2.36 bits per heavy atom. The van der Waals surface area contributed by atoms with E-state index in [9.17, 15) is 29.8 Å². The number of aliphatic imine (C=N–C) groups is 1. The van der Waals surface area contributed by atoms with Crippen molar-refractivity contribution in [3.05, 3.63) is 10.1 Å². The number of nitrogens with two attached hydrogens (primary N) is 1. The molecule has 0 spiro atoms. The van der Waals surface area contributed by atoms with Crippen LogP contribution in [0.2, 0.25) is 0 Å². The van der Waals surface area contributed by atoms with Crippen molar-refractivity contribution in [2.24, 2.45) is 28.5 Å². The summed E-state index contributed by atoms with van der Waals surface area (Å²) in [7, 11) is -1.70.